The summed E-state index contributed by atoms with van der Waals surface area (Å²) in [6.45, 7) is 7.16. The van der Waals surface area contributed by atoms with Crippen LogP contribution in [0.2, 0.25) is 0 Å². The van der Waals surface area contributed by atoms with Gasteiger partial charge in [0.1, 0.15) is 6.07 Å². The summed E-state index contributed by atoms with van der Waals surface area (Å²) in [5, 5.41) is 9.21. The van der Waals surface area contributed by atoms with E-state index in [0.717, 1.165) is 11.3 Å². The second kappa shape index (κ2) is 5.37. The summed E-state index contributed by atoms with van der Waals surface area (Å²) in [6.07, 6.45) is 1.32. The number of nitrogens with zero attached hydrogens (tertiary/aromatic N) is 3. The summed E-state index contributed by atoms with van der Waals surface area (Å²) in [4.78, 5) is 27.8. The molecule has 2 heterocycles. The highest BCUT2D eigenvalue weighted by Gasteiger charge is 2.23. The van der Waals surface area contributed by atoms with Gasteiger partial charge < -0.3 is 9.14 Å². The second-order valence-corrected chi connectivity index (χ2v) is 4.66. The van der Waals surface area contributed by atoms with Crippen LogP contribution < -0.4 is 0 Å². The van der Waals surface area contributed by atoms with Crippen molar-refractivity contribution in [3.05, 3.63) is 34.3 Å². The van der Waals surface area contributed by atoms with Crippen molar-refractivity contribution >= 4 is 17.4 Å². The van der Waals surface area contributed by atoms with Crippen LogP contribution in [0.5, 0.6) is 0 Å². The number of hydrogen-bond donors (Lipinski definition) is 0. The minimum Gasteiger partial charge on any atom is -0.460 e. The van der Waals surface area contributed by atoms with Crippen LogP contribution in [0.25, 0.3) is 5.65 Å². The van der Waals surface area contributed by atoms with Crippen LogP contribution >= 0.6 is 0 Å². The molecule has 0 unspecified atom stereocenters. The van der Waals surface area contributed by atoms with Gasteiger partial charge in [-0.15, -0.1) is 0 Å². The van der Waals surface area contributed by atoms with Gasteiger partial charge in [0.05, 0.1) is 17.7 Å². The molecular weight excluding hydrogens is 270 g/mol. The Morgan fingerprint density at radius 1 is 1.33 bits per heavy atom. The lowest BCUT2D eigenvalue weighted by Crippen LogP contribution is -2.20. The van der Waals surface area contributed by atoms with E-state index in [2.05, 4.69) is 11.1 Å². The zero-order chi connectivity index (χ0) is 15.7. The summed E-state index contributed by atoms with van der Waals surface area (Å²) in [5.41, 5.74) is 3.36. The Labute approximate surface area is 122 Å². The van der Waals surface area contributed by atoms with Gasteiger partial charge in [0.25, 0.3) is 5.78 Å². The largest absolute Gasteiger partial charge is 0.460 e. The minimum absolute atomic E-state index is 0.138. The Morgan fingerprint density at radius 2 is 2.00 bits per heavy atom. The van der Waals surface area contributed by atoms with Crippen LogP contribution in [0.3, 0.4) is 0 Å². The molecule has 0 amide bonds. The maximum absolute atomic E-state index is 12.1. The lowest BCUT2D eigenvalue weighted by atomic mass is 10.1. The fourth-order valence-electron chi connectivity index (χ4n) is 2.32. The van der Waals surface area contributed by atoms with Gasteiger partial charge in [-0.3, -0.25) is 4.79 Å². The molecule has 0 N–H and O–H groups in total. The predicted molar refractivity (Wildman–Crippen MR) is 75.1 cm³/mol. The van der Waals surface area contributed by atoms with E-state index in [1.807, 2.05) is 13.8 Å². The monoisotopic (exact) mass is 285 g/mol. The Morgan fingerprint density at radius 3 is 2.57 bits per heavy atom. The van der Waals surface area contributed by atoms with Crippen LogP contribution in [0.15, 0.2) is 6.20 Å². The summed E-state index contributed by atoms with van der Waals surface area (Å²) in [7, 11) is 0. The van der Waals surface area contributed by atoms with Gasteiger partial charge in [-0.1, -0.05) is 0 Å². The number of rotatable bonds is 3. The molecule has 2 aromatic heterocycles. The van der Waals surface area contributed by atoms with Crippen molar-refractivity contribution in [2.45, 2.75) is 27.7 Å². The molecule has 0 bridgehead atoms. The zero-order valence-corrected chi connectivity index (χ0v) is 12.4. The number of fused-ring (bicyclic) bond motifs is 1. The normalized spacial score (nSPS) is 10.4. The number of ketones is 1. The van der Waals surface area contributed by atoms with Crippen molar-refractivity contribution in [1.29, 1.82) is 5.26 Å². The van der Waals surface area contributed by atoms with Crippen molar-refractivity contribution in [2.75, 3.05) is 6.61 Å². The van der Waals surface area contributed by atoms with Crippen molar-refractivity contribution in [3.8, 4) is 6.07 Å². The van der Waals surface area contributed by atoms with Crippen molar-refractivity contribution < 1.29 is 14.3 Å². The highest BCUT2D eigenvalue weighted by atomic mass is 16.5. The van der Waals surface area contributed by atoms with Crippen LogP contribution in [-0.4, -0.2) is 27.7 Å². The third kappa shape index (κ3) is 2.17. The summed E-state index contributed by atoms with van der Waals surface area (Å²) >= 11 is 0. The first-order valence-electron chi connectivity index (χ1n) is 6.52. The number of hydrogen-bond acceptors (Lipinski definition) is 5. The highest BCUT2D eigenvalue weighted by Crippen LogP contribution is 2.23. The van der Waals surface area contributed by atoms with Gasteiger partial charge in [-0.05, 0) is 33.3 Å². The average molecular weight is 285 g/mol. The maximum Gasteiger partial charge on any atom is 0.379 e. The topological polar surface area (TPSA) is 84.5 Å². The van der Waals surface area contributed by atoms with Gasteiger partial charge in [-0.25, -0.2) is 9.78 Å². The molecule has 0 aliphatic carbocycles. The second-order valence-electron chi connectivity index (χ2n) is 4.66. The van der Waals surface area contributed by atoms with E-state index >= 15 is 0 Å². The molecule has 0 aromatic carbocycles. The molecule has 0 aliphatic rings. The standard InChI is InChI=1S/C15H15N3O3/c1-5-21-15(20)13(19)12-7-17-14-11(6-16)8(2)9(3)18(14)10(12)4/h7H,5H2,1-4H3. The van der Waals surface area contributed by atoms with Gasteiger partial charge in [0.15, 0.2) is 5.65 Å². The third-order valence-corrected chi connectivity index (χ3v) is 3.55. The lowest BCUT2D eigenvalue weighted by molar-refractivity contribution is -0.137. The lowest BCUT2D eigenvalue weighted by Gasteiger charge is -2.08. The molecule has 21 heavy (non-hydrogen) atoms. The molecule has 0 radical (unpaired) electrons. The Kier molecular flexibility index (Phi) is 3.76. The molecule has 0 fully saturated rings. The molecule has 2 rings (SSSR count). The van der Waals surface area contributed by atoms with Crippen molar-refractivity contribution in [1.82, 2.24) is 9.38 Å². The fraction of sp³-hybridized carbons (Fsp3) is 0.333. The third-order valence-electron chi connectivity index (χ3n) is 3.55. The van der Waals surface area contributed by atoms with Gasteiger partial charge in [-0.2, -0.15) is 5.26 Å². The smallest absolute Gasteiger partial charge is 0.379 e. The number of nitriles is 1. The molecule has 6 nitrogen and oxygen atoms in total. The number of esters is 1. The van der Waals surface area contributed by atoms with E-state index in [1.165, 1.54) is 6.20 Å². The van der Waals surface area contributed by atoms with Crippen LogP contribution in [0, 0.1) is 32.1 Å². The van der Waals surface area contributed by atoms with E-state index in [-0.39, 0.29) is 12.2 Å². The number of aryl methyl sites for hydroxylation is 2. The SMILES string of the molecule is CCOC(=O)C(=O)c1cnc2c(C#N)c(C)c(C)n2c1C. The molecule has 0 saturated heterocycles. The molecule has 0 spiro atoms. The van der Waals surface area contributed by atoms with Crippen molar-refractivity contribution in [2.24, 2.45) is 0 Å². The first-order valence-corrected chi connectivity index (χ1v) is 6.52. The quantitative estimate of drug-likeness (QED) is 0.488. The fourth-order valence-corrected chi connectivity index (χ4v) is 2.32. The number of aromatic nitrogens is 2. The van der Waals surface area contributed by atoms with Crippen LogP contribution in [0.1, 0.15) is 39.8 Å². The predicted octanol–water partition coefficient (Wildman–Crippen LogP) is 1.88. The Hall–Kier alpha value is -2.68. The zero-order valence-electron chi connectivity index (χ0n) is 12.4. The van der Waals surface area contributed by atoms with E-state index in [0.29, 0.717) is 16.9 Å². The van der Waals surface area contributed by atoms with E-state index in [9.17, 15) is 14.9 Å². The van der Waals surface area contributed by atoms with Gasteiger partial charge in [0.2, 0.25) is 0 Å². The first-order chi connectivity index (χ1) is 9.93. The molecule has 0 aliphatic heterocycles. The van der Waals surface area contributed by atoms with E-state index in [1.54, 1.807) is 18.2 Å². The summed E-state index contributed by atoms with van der Waals surface area (Å²) in [5.74, 6) is -1.63. The van der Waals surface area contributed by atoms with Crippen LogP contribution in [-0.2, 0) is 9.53 Å². The number of carbonyl (C=O) groups is 2. The van der Waals surface area contributed by atoms with Gasteiger partial charge in [0, 0.05) is 17.6 Å². The summed E-state index contributed by atoms with van der Waals surface area (Å²) < 4.78 is 6.45. The molecule has 0 atom stereocenters. The summed E-state index contributed by atoms with van der Waals surface area (Å²) in [6, 6.07) is 2.12. The maximum atomic E-state index is 12.1. The Bertz CT molecular complexity index is 797. The van der Waals surface area contributed by atoms with Gasteiger partial charge >= 0.3 is 5.97 Å². The molecule has 6 heteroatoms. The highest BCUT2D eigenvalue weighted by molar-refractivity contribution is 6.40. The van der Waals surface area contributed by atoms with E-state index in [4.69, 9.17) is 4.74 Å². The molecular formula is C15H15N3O3. The van der Waals surface area contributed by atoms with E-state index < -0.39 is 11.8 Å². The Balaban J connectivity index is 2.69. The van der Waals surface area contributed by atoms with Crippen LogP contribution in [0.4, 0.5) is 0 Å². The first kappa shape index (κ1) is 14.7. The molecule has 2 aromatic rings. The van der Waals surface area contributed by atoms with Crippen molar-refractivity contribution in [3.63, 3.8) is 0 Å². The number of carbonyl (C=O) groups excluding carboxylic acids is 2. The molecule has 0 saturated carbocycles. The number of Topliss-reactive ketones (excluding diaryl/α,β-unsaturated/α-hetero) is 1. The average Bonchev–Trinajstić information content (AvgIpc) is 2.71. The minimum atomic E-state index is -0.899. The molecule has 108 valence electrons. The number of ether oxygens (including phenoxy) is 1.